The Bertz CT molecular complexity index is 407. The van der Waals surface area contributed by atoms with Crippen LogP contribution in [0.15, 0.2) is 18.2 Å². The number of hydrogen-bond donors (Lipinski definition) is 4. The van der Waals surface area contributed by atoms with Gasteiger partial charge in [0.2, 0.25) is 0 Å². The minimum atomic E-state index is -1.36. The van der Waals surface area contributed by atoms with Crippen molar-refractivity contribution in [3.63, 3.8) is 0 Å². The molecule has 0 bridgehead atoms. The van der Waals surface area contributed by atoms with Gasteiger partial charge in [-0.05, 0) is 23.3 Å². The van der Waals surface area contributed by atoms with Crippen molar-refractivity contribution in [3.8, 4) is 0 Å². The van der Waals surface area contributed by atoms with Crippen LogP contribution in [0.1, 0.15) is 17.2 Å². The summed E-state index contributed by atoms with van der Waals surface area (Å²) in [6.07, 6.45) is -3.01. The standard InChI is InChI=1S/C11H13ClO5/c12-7-1-2-8(11(17)9(14)5-13)6(3-7)4-10(15)16/h1-3,9,11,13-14,17H,4-5H2,(H,15,16). The van der Waals surface area contributed by atoms with Crippen LogP contribution in [0.3, 0.4) is 0 Å². The highest BCUT2D eigenvalue weighted by Gasteiger charge is 2.21. The predicted octanol–water partition coefficient (Wildman–Crippen LogP) is 0.354. The summed E-state index contributed by atoms with van der Waals surface area (Å²) < 4.78 is 0. The molecule has 1 rings (SSSR count). The molecule has 0 fully saturated rings. The lowest BCUT2D eigenvalue weighted by atomic mass is 9.97. The lowest BCUT2D eigenvalue weighted by Crippen LogP contribution is -2.23. The van der Waals surface area contributed by atoms with Gasteiger partial charge < -0.3 is 20.4 Å². The third-order valence-electron chi connectivity index (χ3n) is 2.32. The van der Waals surface area contributed by atoms with Crippen molar-refractivity contribution in [1.29, 1.82) is 0 Å². The molecule has 4 N–H and O–H groups in total. The summed E-state index contributed by atoms with van der Waals surface area (Å²) in [4.78, 5) is 10.7. The lowest BCUT2D eigenvalue weighted by molar-refractivity contribution is -0.136. The second-order valence-electron chi connectivity index (χ2n) is 3.61. The minimum Gasteiger partial charge on any atom is -0.481 e. The summed E-state index contributed by atoms with van der Waals surface area (Å²) >= 11 is 5.73. The highest BCUT2D eigenvalue weighted by atomic mass is 35.5. The first-order valence-corrected chi connectivity index (χ1v) is 5.30. The monoisotopic (exact) mass is 260 g/mol. The lowest BCUT2D eigenvalue weighted by Gasteiger charge is -2.19. The van der Waals surface area contributed by atoms with E-state index in [0.717, 1.165) is 0 Å². The fraction of sp³-hybridized carbons (Fsp3) is 0.364. The summed E-state index contributed by atoms with van der Waals surface area (Å²) in [5.74, 6) is -1.07. The van der Waals surface area contributed by atoms with Gasteiger partial charge in [0.15, 0.2) is 0 Å². The molecule has 0 saturated heterocycles. The maximum absolute atomic E-state index is 10.7. The van der Waals surface area contributed by atoms with Crippen LogP contribution in [0.25, 0.3) is 0 Å². The van der Waals surface area contributed by atoms with E-state index in [1.165, 1.54) is 18.2 Å². The van der Waals surface area contributed by atoms with E-state index in [2.05, 4.69) is 0 Å². The number of carboxylic acids is 1. The van der Waals surface area contributed by atoms with Crippen LogP contribution in [0, 0.1) is 0 Å². The number of carboxylic acid groups (broad SMARTS) is 1. The molecule has 17 heavy (non-hydrogen) atoms. The molecule has 0 saturated carbocycles. The Kier molecular flexibility index (Phi) is 4.89. The Hall–Kier alpha value is -1.14. The molecule has 0 aliphatic rings. The first kappa shape index (κ1) is 13.9. The fourth-order valence-electron chi connectivity index (χ4n) is 1.49. The van der Waals surface area contributed by atoms with Crippen molar-refractivity contribution in [2.24, 2.45) is 0 Å². The topological polar surface area (TPSA) is 98.0 Å². The number of aliphatic hydroxyl groups excluding tert-OH is 3. The number of aliphatic carboxylic acids is 1. The van der Waals surface area contributed by atoms with E-state index < -0.39 is 24.8 Å². The van der Waals surface area contributed by atoms with E-state index in [0.29, 0.717) is 10.6 Å². The van der Waals surface area contributed by atoms with Crippen LogP contribution in [0.2, 0.25) is 5.02 Å². The number of rotatable bonds is 5. The second-order valence-corrected chi connectivity index (χ2v) is 4.04. The Balaban J connectivity index is 3.09. The van der Waals surface area contributed by atoms with E-state index >= 15 is 0 Å². The number of hydrogen-bond acceptors (Lipinski definition) is 4. The van der Waals surface area contributed by atoms with Crippen molar-refractivity contribution < 1.29 is 25.2 Å². The summed E-state index contributed by atoms with van der Waals surface area (Å²) in [5.41, 5.74) is 0.559. The van der Waals surface area contributed by atoms with Crippen molar-refractivity contribution in [1.82, 2.24) is 0 Å². The van der Waals surface area contributed by atoms with Gasteiger partial charge in [-0.2, -0.15) is 0 Å². The zero-order chi connectivity index (χ0) is 13.0. The third kappa shape index (κ3) is 3.67. The van der Waals surface area contributed by atoms with E-state index in [1.807, 2.05) is 0 Å². The molecule has 0 heterocycles. The molecule has 0 radical (unpaired) electrons. The zero-order valence-electron chi connectivity index (χ0n) is 8.88. The van der Waals surface area contributed by atoms with Gasteiger partial charge >= 0.3 is 5.97 Å². The van der Waals surface area contributed by atoms with Crippen LogP contribution in [0.4, 0.5) is 0 Å². The number of halogens is 1. The minimum absolute atomic E-state index is 0.248. The third-order valence-corrected chi connectivity index (χ3v) is 2.55. The van der Waals surface area contributed by atoms with E-state index in [9.17, 15) is 15.0 Å². The van der Waals surface area contributed by atoms with Gasteiger partial charge in [0.1, 0.15) is 12.2 Å². The maximum Gasteiger partial charge on any atom is 0.307 e. The second kappa shape index (κ2) is 5.97. The molecule has 5 nitrogen and oxygen atoms in total. The van der Waals surface area contributed by atoms with Crippen LogP contribution in [-0.4, -0.2) is 39.1 Å². The van der Waals surface area contributed by atoms with Crippen molar-refractivity contribution in [2.45, 2.75) is 18.6 Å². The Labute approximate surface area is 103 Å². The average molecular weight is 261 g/mol. The normalized spacial score (nSPS) is 14.4. The molecule has 0 spiro atoms. The molecular formula is C11H13ClO5. The average Bonchev–Trinajstić information content (AvgIpc) is 2.26. The molecule has 0 aliphatic heterocycles. The maximum atomic E-state index is 10.7. The summed E-state index contributed by atoms with van der Waals surface area (Å²) in [5, 5.41) is 36.9. The van der Waals surface area contributed by atoms with Gasteiger partial charge in [0, 0.05) is 5.02 Å². The van der Waals surface area contributed by atoms with Gasteiger partial charge in [-0.3, -0.25) is 4.79 Å². The summed E-state index contributed by atoms with van der Waals surface area (Å²) in [6.45, 7) is -0.615. The largest absolute Gasteiger partial charge is 0.481 e. The number of benzene rings is 1. The number of aliphatic hydroxyl groups is 3. The van der Waals surface area contributed by atoms with Gasteiger partial charge in [-0.25, -0.2) is 0 Å². The fourth-order valence-corrected chi connectivity index (χ4v) is 1.68. The predicted molar refractivity (Wildman–Crippen MR) is 60.8 cm³/mol. The molecule has 94 valence electrons. The number of carbonyl (C=O) groups is 1. The van der Waals surface area contributed by atoms with E-state index in [-0.39, 0.29) is 12.0 Å². The van der Waals surface area contributed by atoms with Gasteiger partial charge in [-0.1, -0.05) is 17.7 Å². The molecular weight excluding hydrogens is 248 g/mol. The van der Waals surface area contributed by atoms with Crippen LogP contribution in [0.5, 0.6) is 0 Å². The van der Waals surface area contributed by atoms with Gasteiger partial charge in [0.25, 0.3) is 0 Å². The van der Waals surface area contributed by atoms with Crippen LogP contribution < -0.4 is 0 Å². The van der Waals surface area contributed by atoms with Crippen LogP contribution in [-0.2, 0) is 11.2 Å². The van der Waals surface area contributed by atoms with E-state index in [1.54, 1.807) is 0 Å². The summed E-state index contributed by atoms with van der Waals surface area (Å²) in [7, 11) is 0. The highest BCUT2D eigenvalue weighted by molar-refractivity contribution is 6.30. The van der Waals surface area contributed by atoms with Crippen molar-refractivity contribution >= 4 is 17.6 Å². The van der Waals surface area contributed by atoms with Gasteiger partial charge in [-0.15, -0.1) is 0 Å². The summed E-state index contributed by atoms with van der Waals surface area (Å²) in [6, 6.07) is 4.33. The molecule has 6 heteroatoms. The molecule has 0 aliphatic carbocycles. The SMILES string of the molecule is O=C(O)Cc1cc(Cl)ccc1C(O)C(O)CO. The molecule has 0 aromatic heterocycles. The zero-order valence-corrected chi connectivity index (χ0v) is 9.63. The Morgan fingerprint density at radius 1 is 1.35 bits per heavy atom. The van der Waals surface area contributed by atoms with E-state index in [4.69, 9.17) is 21.8 Å². The highest BCUT2D eigenvalue weighted by Crippen LogP contribution is 2.24. The van der Waals surface area contributed by atoms with Crippen molar-refractivity contribution in [3.05, 3.63) is 34.3 Å². The molecule has 2 unspecified atom stereocenters. The smallest absolute Gasteiger partial charge is 0.307 e. The van der Waals surface area contributed by atoms with Gasteiger partial charge in [0.05, 0.1) is 13.0 Å². The van der Waals surface area contributed by atoms with Crippen molar-refractivity contribution in [2.75, 3.05) is 6.61 Å². The first-order chi connectivity index (χ1) is 7.95. The molecule has 1 aromatic carbocycles. The van der Waals surface area contributed by atoms with Crippen LogP contribution >= 0.6 is 11.6 Å². The first-order valence-electron chi connectivity index (χ1n) is 4.92. The molecule has 2 atom stereocenters. The molecule has 1 aromatic rings. The quantitative estimate of drug-likeness (QED) is 0.613. The Morgan fingerprint density at radius 3 is 2.53 bits per heavy atom. The molecule has 0 amide bonds. The Morgan fingerprint density at radius 2 is 2.00 bits per heavy atom.